The van der Waals surface area contributed by atoms with Crippen molar-refractivity contribution in [3.05, 3.63) is 65.7 Å². The van der Waals surface area contributed by atoms with Gasteiger partial charge >= 0.3 is 0 Å². The summed E-state index contributed by atoms with van der Waals surface area (Å²) < 4.78 is 0. The summed E-state index contributed by atoms with van der Waals surface area (Å²) in [5.41, 5.74) is 28.6. The van der Waals surface area contributed by atoms with Crippen LogP contribution in [0.25, 0.3) is 0 Å². The molecule has 0 radical (unpaired) electrons. The van der Waals surface area contributed by atoms with Gasteiger partial charge in [-0.15, -0.1) is 0 Å². The Balaban J connectivity index is 2.05. The van der Waals surface area contributed by atoms with Crippen LogP contribution in [0, 0.1) is 5.92 Å². The molecule has 1 aliphatic heterocycles. The number of aliphatic imine (C=N–C) groups is 2. The third-order valence-electron chi connectivity index (χ3n) is 11.9. The standard InChI is InChI=1S/C50H77N15O11/c1-30(2)25-36(43(51)71)61-44(72)35(14-10-23-58-50(54)55)60-42(70)28-65-24-7-6-21-56-40(68)15-8-16-41(69)59-34(13-9-22-57-49(52)53)45(73)62-38(27-32-17-19-33(67)20-18-32)46(74)63-37(26-31-11-4-3-5-12-31)47(75)64-39(29-66)48(65)76/h3-5,11-12,17-20,30,34-39,66-67H,6-10,13-16,21-29H2,1-2H3,(H2,51,71)(H,56,68)(H,59,69)(H,60,70)(H,61,72)(H,62,73)(H,63,74)(H,64,75)(H4,52,53,57)(H4,54,55,58)/t34-,35-,36-,37-,38-,39-/m0/s1. The molecule has 6 atom stereocenters. The predicted molar refractivity (Wildman–Crippen MR) is 282 cm³/mol. The Kier molecular flexibility index (Phi) is 27.0. The minimum Gasteiger partial charge on any atom is -0.508 e. The molecule has 76 heavy (non-hydrogen) atoms. The van der Waals surface area contributed by atoms with Gasteiger partial charge in [0, 0.05) is 51.9 Å². The molecule has 1 heterocycles. The summed E-state index contributed by atoms with van der Waals surface area (Å²) in [5, 5.41) is 39.3. The average Bonchev–Trinajstić information content (AvgIpc) is 3.36. The fourth-order valence-corrected chi connectivity index (χ4v) is 7.99. The van der Waals surface area contributed by atoms with E-state index < -0.39 is 103 Å². The number of hydrogen-bond donors (Lipinski definition) is 14. The van der Waals surface area contributed by atoms with Gasteiger partial charge in [-0.2, -0.15) is 0 Å². The quantitative estimate of drug-likeness (QED) is 0.0330. The molecule has 19 N–H and O–H groups in total. The van der Waals surface area contributed by atoms with E-state index in [0.29, 0.717) is 11.1 Å². The number of benzene rings is 2. The lowest BCUT2D eigenvalue weighted by atomic mass is 10.0. The van der Waals surface area contributed by atoms with E-state index in [-0.39, 0.29) is 127 Å². The van der Waals surface area contributed by atoms with Crippen LogP contribution in [-0.4, -0.2) is 156 Å². The van der Waals surface area contributed by atoms with Crippen molar-refractivity contribution in [1.29, 1.82) is 0 Å². The number of rotatable bonds is 21. The van der Waals surface area contributed by atoms with E-state index in [1.807, 2.05) is 13.8 Å². The van der Waals surface area contributed by atoms with Crippen molar-refractivity contribution in [2.24, 2.45) is 44.6 Å². The van der Waals surface area contributed by atoms with Crippen LogP contribution >= 0.6 is 0 Å². The van der Waals surface area contributed by atoms with Crippen molar-refractivity contribution in [2.45, 2.75) is 127 Å². The van der Waals surface area contributed by atoms with Crippen molar-refractivity contribution in [3.8, 4) is 5.75 Å². The number of carbonyl (C=O) groups is 9. The second-order valence-electron chi connectivity index (χ2n) is 18.8. The molecule has 0 unspecified atom stereocenters. The molecular formula is C50H77N15O11. The molecule has 1 saturated heterocycles. The van der Waals surface area contributed by atoms with Crippen LogP contribution in [0.3, 0.4) is 0 Å². The summed E-state index contributed by atoms with van der Waals surface area (Å²) in [6.45, 7) is 2.17. The van der Waals surface area contributed by atoms with E-state index >= 15 is 0 Å². The molecule has 3 rings (SSSR count). The highest BCUT2D eigenvalue weighted by Gasteiger charge is 2.34. The molecule has 1 aliphatic rings. The number of hydrogen-bond acceptors (Lipinski definition) is 13. The lowest BCUT2D eigenvalue weighted by molar-refractivity contribution is -0.141. The molecule has 0 spiro atoms. The lowest BCUT2D eigenvalue weighted by Gasteiger charge is -2.29. The van der Waals surface area contributed by atoms with E-state index in [1.165, 1.54) is 24.3 Å². The molecule has 26 nitrogen and oxygen atoms in total. The Bertz CT molecular complexity index is 2310. The van der Waals surface area contributed by atoms with Crippen LogP contribution in [-0.2, 0) is 56.0 Å². The zero-order valence-corrected chi connectivity index (χ0v) is 43.3. The number of amides is 9. The molecule has 0 bridgehead atoms. The van der Waals surface area contributed by atoms with Gasteiger partial charge in [0.1, 0.15) is 42.0 Å². The number of aliphatic hydroxyl groups is 1. The molecule has 0 aliphatic carbocycles. The van der Waals surface area contributed by atoms with Crippen LogP contribution in [0.1, 0.15) is 89.2 Å². The highest BCUT2D eigenvalue weighted by molar-refractivity contribution is 5.97. The highest BCUT2D eigenvalue weighted by atomic mass is 16.3. The van der Waals surface area contributed by atoms with Crippen molar-refractivity contribution in [3.63, 3.8) is 0 Å². The smallest absolute Gasteiger partial charge is 0.248 e. The molecule has 0 saturated carbocycles. The largest absolute Gasteiger partial charge is 0.508 e. The van der Waals surface area contributed by atoms with Gasteiger partial charge in [-0.25, -0.2) is 0 Å². The predicted octanol–water partition coefficient (Wildman–Crippen LogP) is -3.37. The summed E-state index contributed by atoms with van der Waals surface area (Å²) in [6, 6.07) is 6.25. The number of nitrogens with zero attached hydrogens (tertiary/aromatic N) is 3. The van der Waals surface area contributed by atoms with E-state index in [2.05, 4.69) is 47.2 Å². The van der Waals surface area contributed by atoms with Gasteiger partial charge in [-0.05, 0) is 80.5 Å². The van der Waals surface area contributed by atoms with E-state index in [1.54, 1.807) is 30.3 Å². The van der Waals surface area contributed by atoms with E-state index in [4.69, 9.17) is 28.7 Å². The topological polar surface area (TPSA) is 436 Å². The first-order valence-electron chi connectivity index (χ1n) is 25.3. The summed E-state index contributed by atoms with van der Waals surface area (Å²) in [5.74, 6) is -7.28. The second kappa shape index (κ2) is 33.0. The number of aliphatic hydroxyl groups excluding tert-OH is 1. The van der Waals surface area contributed by atoms with Gasteiger partial charge in [0.05, 0.1) is 13.2 Å². The number of nitrogens with two attached hydrogens (primary N) is 5. The molecule has 418 valence electrons. The van der Waals surface area contributed by atoms with Crippen molar-refractivity contribution >= 4 is 65.1 Å². The van der Waals surface area contributed by atoms with Crippen LogP contribution in [0.4, 0.5) is 0 Å². The van der Waals surface area contributed by atoms with Crippen LogP contribution < -0.4 is 65.9 Å². The highest BCUT2D eigenvalue weighted by Crippen LogP contribution is 2.14. The number of carbonyl (C=O) groups excluding carboxylic acids is 9. The van der Waals surface area contributed by atoms with Gasteiger partial charge < -0.3 is 81.0 Å². The molecule has 0 aromatic heterocycles. The average molecular weight is 1060 g/mol. The van der Waals surface area contributed by atoms with Gasteiger partial charge in [-0.1, -0.05) is 56.3 Å². The molecular weight excluding hydrogens is 987 g/mol. The number of phenolic OH excluding ortho intramolecular Hbond substituents is 1. The Morgan fingerprint density at radius 2 is 1.25 bits per heavy atom. The SMILES string of the molecule is CC(C)C[C@H](NC(=O)[C@H](CCCN=C(N)N)NC(=O)CN1CCCCNC(=O)CCCC(=O)N[C@@H](CCCN=C(N)N)C(=O)N[C@@H](Cc2ccc(O)cc2)C(=O)N[C@@H](Cc2ccccc2)C(=O)N[C@@H](CO)C1=O)C(N)=O. The number of aromatic hydroxyl groups is 1. The Hall–Kier alpha value is -8.03. The summed E-state index contributed by atoms with van der Waals surface area (Å²) in [7, 11) is 0. The maximum atomic E-state index is 14.5. The monoisotopic (exact) mass is 1060 g/mol. The number of phenols is 1. The first-order chi connectivity index (χ1) is 36.1. The van der Waals surface area contributed by atoms with Gasteiger partial charge in [-0.3, -0.25) is 53.1 Å². The van der Waals surface area contributed by atoms with Crippen molar-refractivity contribution in [1.82, 2.24) is 42.1 Å². The molecule has 26 heteroatoms. The minimum absolute atomic E-state index is 0.00949. The first kappa shape index (κ1) is 62.3. The Labute approximate surface area is 441 Å². The van der Waals surface area contributed by atoms with Gasteiger partial charge in [0.15, 0.2) is 11.9 Å². The third-order valence-corrected chi connectivity index (χ3v) is 11.9. The maximum Gasteiger partial charge on any atom is 0.248 e. The van der Waals surface area contributed by atoms with E-state index in [0.717, 1.165) is 4.90 Å². The maximum absolute atomic E-state index is 14.5. The zero-order valence-electron chi connectivity index (χ0n) is 43.3. The third kappa shape index (κ3) is 23.9. The van der Waals surface area contributed by atoms with Crippen molar-refractivity contribution in [2.75, 3.05) is 39.3 Å². The normalized spacial score (nSPS) is 19.6. The second-order valence-corrected chi connectivity index (χ2v) is 18.8. The van der Waals surface area contributed by atoms with Gasteiger partial charge in [0.25, 0.3) is 0 Å². The first-order valence-corrected chi connectivity index (χ1v) is 25.3. The van der Waals surface area contributed by atoms with Gasteiger partial charge in [0.2, 0.25) is 53.2 Å². The number of guanidine groups is 2. The summed E-state index contributed by atoms with van der Waals surface area (Å²) in [4.78, 5) is 132. The summed E-state index contributed by atoms with van der Waals surface area (Å²) >= 11 is 0. The molecule has 2 aromatic carbocycles. The fourth-order valence-electron chi connectivity index (χ4n) is 7.99. The van der Waals surface area contributed by atoms with Crippen LogP contribution in [0.2, 0.25) is 0 Å². The van der Waals surface area contributed by atoms with Crippen LogP contribution in [0.5, 0.6) is 5.75 Å². The Morgan fingerprint density at radius 1 is 0.684 bits per heavy atom. The molecule has 2 aromatic rings. The minimum atomic E-state index is -1.70. The molecule has 1 fully saturated rings. The number of primary amides is 1. The lowest BCUT2D eigenvalue weighted by Crippen LogP contribution is -2.60. The van der Waals surface area contributed by atoms with Crippen molar-refractivity contribution < 1.29 is 53.4 Å². The molecule has 9 amide bonds. The fraction of sp³-hybridized carbons (Fsp3) is 0.540. The van der Waals surface area contributed by atoms with Crippen LogP contribution in [0.15, 0.2) is 64.6 Å². The Morgan fingerprint density at radius 3 is 1.83 bits per heavy atom. The summed E-state index contributed by atoms with van der Waals surface area (Å²) in [6.07, 6.45) is 0.711. The van der Waals surface area contributed by atoms with E-state index in [9.17, 15) is 53.4 Å². The zero-order chi connectivity index (χ0) is 56.2. The number of nitrogens with one attached hydrogen (secondary N) is 7.